The van der Waals surface area contributed by atoms with E-state index in [4.69, 9.17) is 4.74 Å². The molecule has 0 aliphatic carbocycles. The lowest BCUT2D eigenvalue weighted by Crippen LogP contribution is -2.15. The summed E-state index contributed by atoms with van der Waals surface area (Å²) in [5, 5.41) is 9.50. The third-order valence-corrected chi connectivity index (χ3v) is 4.52. The van der Waals surface area contributed by atoms with Crippen molar-refractivity contribution in [2.45, 2.75) is 27.3 Å². The number of aromatic nitrogens is 5. The first kappa shape index (κ1) is 17.0. The number of carbonyl (C=O) groups excluding carboxylic acids is 1. The fraction of sp³-hybridized carbons (Fsp3) is 0.263. The van der Waals surface area contributed by atoms with E-state index in [1.165, 1.54) is 10.6 Å². The van der Waals surface area contributed by atoms with Crippen LogP contribution in [0.3, 0.4) is 0 Å². The molecule has 0 saturated carbocycles. The first-order valence-corrected chi connectivity index (χ1v) is 8.79. The average molecular weight is 365 g/mol. The van der Waals surface area contributed by atoms with Gasteiger partial charge >= 0.3 is 5.97 Å². The molecule has 0 radical (unpaired) electrons. The van der Waals surface area contributed by atoms with Crippen molar-refractivity contribution in [3.8, 4) is 11.3 Å². The highest BCUT2D eigenvalue weighted by atomic mass is 16.5. The summed E-state index contributed by atoms with van der Waals surface area (Å²) in [7, 11) is 0. The number of fused-ring (bicyclic) bond motifs is 2. The summed E-state index contributed by atoms with van der Waals surface area (Å²) in [6, 6.07) is 7.33. The van der Waals surface area contributed by atoms with E-state index in [0.29, 0.717) is 17.0 Å². The fourth-order valence-electron chi connectivity index (χ4n) is 3.26. The molecular formula is C19H19N5O3. The van der Waals surface area contributed by atoms with E-state index < -0.39 is 5.97 Å². The van der Waals surface area contributed by atoms with Crippen molar-refractivity contribution in [1.29, 1.82) is 0 Å². The van der Waals surface area contributed by atoms with Crippen LogP contribution in [0.5, 0.6) is 0 Å². The van der Waals surface area contributed by atoms with Crippen LogP contribution in [0, 0.1) is 6.92 Å². The van der Waals surface area contributed by atoms with Crippen LogP contribution in [0.2, 0.25) is 0 Å². The molecule has 0 aliphatic rings. The minimum Gasteiger partial charge on any atom is -0.462 e. The average Bonchev–Trinajstić information content (AvgIpc) is 3.21. The molecule has 0 amide bonds. The Morgan fingerprint density at radius 3 is 2.81 bits per heavy atom. The smallest absolute Gasteiger partial charge is 0.343 e. The number of nitrogens with one attached hydrogen (secondary N) is 1. The Labute approximate surface area is 154 Å². The SMILES string of the molecule is CCOC(=O)c1c(C)nn2c(=O)cc(-c3ccc4c(cnn4CC)c3)[nH]c12. The van der Waals surface area contributed by atoms with E-state index in [1.54, 1.807) is 20.0 Å². The number of nitrogens with zero attached hydrogens (tertiary/aromatic N) is 4. The molecule has 3 aromatic heterocycles. The van der Waals surface area contributed by atoms with Gasteiger partial charge in [-0.1, -0.05) is 6.07 Å². The Balaban J connectivity index is 1.91. The molecule has 138 valence electrons. The van der Waals surface area contributed by atoms with Gasteiger partial charge in [-0.15, -0.1) is 0 Å². The molecule has 4 rings (SSSR count). The Bertz CT molecular complexity index is 1230. The minimum absolute atomic E-state index is 0.248. The largest absolute Gasteiger partial charge is 0.462 e. The van der Waals surface area contributed by atoms with Gasteiger partial charge in [0, 0.05) is 18.0 Å². The summed E-state index contributed by atoms with van der Waals surface area (Å²) in [4.78, 5) is 28.0. The molecule has 0 aliphatic heterocycles. The number of hydrogen-bond acceptors (Lipinski definition) is 5. The molecule has 1 N–H and O–H groups in total. The highest BCUT2D eigenvalue weighted by Gasteiger charge is 2.21. The second-order valence-electron chi connectivity index (χ2n) is 6.20. The fourth-order valence-corrected chi connectivity index (χ4v) is 3.26. The number of aromatic amines is 1. The number of H-pyrrole nitrogens is 1. The normalized spacial score (nSPS) is 11.4. The molecule has 8 heteroatoms. The Morgan fingerprint density at radius 1 is 1.26 bits per heavy atom. The monoisotopic (exact) mass is 365 g/mol. The maximum absolute atomic E-state index is 12.5. The number of benzene rings is 1. The quantitative estimate of drug-likeness (QED) is 0.561. The topological polar surface area (TPSA) is 94.3 Å². The van der Waals surface area contributed by atoms with Crippen LogP contribution in [-0.2, 0) is 11.3 Å². The van der Waals surface area contributed by atoms with E-state index in [1.807, 2.05) is 29.8 Å². The summed E-state index contributed by atoms with van der Waals surface area (Å²) < 4.78 is 8.21. The van der Waals surface area contributed by atoms with Crippen LogP contribution in [0.1, 0.15) is 29.9 Å². The highest BCUT2D eigenvalue weighted by molar-refractivity contribution is 5.97. The van der Waals surface area contributed by atoms with Gasteiger partial charge in [-0.25, -0.2) is 4.79 Å². The molecule has 1 aromatic carbocycles. The molecule has 0 atom stereocenters. The first-order valence-electron chi connectivity index (χ1n) is 8.79. The molecule has 4 aromatic rings. The van der Waals surface area contributed by atoms with Crippen LogP contribution >= 0.6 is 0 Å². The maximum atomic E-state index is 12.5. The summed E-state index contributed by atoms with van der Waals surface area (Å²) >= 11 is 0. The van der Waals surface area contributed by atoms with E-state index in [2.05, 4.69) is 15.2 Å². The van der Waals surface area contributed by atoms with Crippen LogP contribution in [0.4, 0.5) is 0 Å². The van der Waals surface area contributed by atoms with Crippen LogP contribution in [0.25, 0.3) is 27.8 Å². The van der Waals surface area contributed by atoms with Gasteiger partial charge < -0.3 is 9.72 Å². The van der Waals surface area contributed by atoms with Crippen molar-refractivity contribution in [3.05, 3.63) is 52.1 Å². The van der Waals surface area contributed by atoms with Gasteiger partial charge in [0.15, 0.2) is 5.65 Å². The van der Waals surface area contributed by atoms with E-state index in [9.17, 15) is 9.59 Å². The predicted octanol–water partition coefficient (Wildman–Crippen LogP) is 2.54. The summed E-state index contributed by atoms with van der Waals surface area (Å²) in [6.45, 7) is 6.47. The van der Waals surface area contributed by atoms with Gasteiger partial charge in [-0.05, 0) is 38.5 Å². The van der Waals surface area contributed by atoms with Crippen LogP contribution in [0.15, 0.2) is 35.3 Å². The van der Waals surface area contributed by atoms with Crippen LogP contribution in [-0.4, -0.2) is 37.0 Å². The number of esters is 1. The second-order valence-corrected chi connectivity index (χ2v) is 6.20. The zero-order chi connectivity index (χ0) is 19.1. The third-order valence-electron chi connectivity index (χ3n) is 4.52. The maximum Gasteiger partial charge on any atom is 0.343 e. The van der Waals surface area contributed by atoms with Crippen molar-refractivity contribution >= 4 is 22.5 Å². The van der Waals surface area contributed by atoms with Crippen molar-refractivity contribution < 1.29 is 9.53 Å². The van der Waals surface area contributed by atoms with Crippen molar-refractivity contribution in [1.82, 2.24) is 24.4 Å². The number of rotatable bonds is 4. The highest BCUT2D eigenvalue weighted by Crippen LogP contribution is 2.24. The lowest BCUT2D eigenvalue weighted by molar-refractivity contribution is 0.0527. The van der Waals surface area contributed by atoms with Crippen molar-refractivity contribution in [2.75, 3.05) is 6.61 Å². The van der Waals surface area contributed by atoms with Gasteiger partial charge in [0.1, 0.15) is 5.56 Å². The van der Waals surface area contributed by atoms with Gasteiger partial charge in [-0.3, -0.25) is 9.48 Å². The lowest BCUT2D eigenvalue weighted by atomic mass is 10.1. The number of aryl methyl sites for hydroxylation is 2. The summed E-state index contributed by atoms with van der Waals surface area (Å²) in [6.07, 6.45) is 1.80. The summed E-state index contributed by atoms with van der Waals surface area (Å²) in [5.41, 5.74) is 3.18. The number of hydrogen-bond donors (Lipinski definition) is 1. The molecule has 3 heterocycles. The molecule has 0 spiro atoms. The minimum atomic E-state index is -0.502. The van der Waals surface area contributed by atoms with E-state index in [0.717, 1.165) is 23.0 Å². The molecule has 0 unspecified atom stereocenters. The van der Waals surface area contributed by atoms with Crippen molar-refractivity contribution in [3.63, 3.8) is 0 Å². The molecule has 0 bridgehead atoms. The number of ether oxygens (including phenoxy) is 1. The molecular weight excluding hydrogens is 346 g/mol. The van der Waals surface area contributed by atoms with Gasteiger partial charge in [-0.2, -0.15) is 14.7 Å². The van der Waals surface area contributed by atoms with Crippen molar-refractivity contribution in [2.24, 2.45) is 0 Å². The molecule has 0 fully saturated rings. The Hall–Kier alpha value is -3.42. The van der Waals surface area contributed by atoms with Gasteiger partial charge in [0.05, 0.1) is 29.7 Å². The zero-order valence-corrected chi connectivity index (χ0v) is 15.3. The van der Waals surface area contributed by atoms with E-state index in [-0.39, 0.29) is 17.7 Å². The van der Waals surface area contributed by atoms with Gasteiger partial charge in [0.2, 0.25) is 0 Å². The molecule has 0 saturated heterocycles. The van der Waals surface area contributed by atoms with Crippen LogP contribution < -0.4 is 5.56 Å². The Morgan fingerprint density at radius 2 is 2.07 bits per heavy atom. The van der Waals surface area contributed by atoms with E-state index >= 15 is 0 Å². The molecule has 27 heavy (non-hydrogen) atoms. The Kier molecular flexibility index (Phi) is 4.02. The predicted molar refractivity (Wildman–Crippen MR) is 101 cm³/mol. The second kappa shape index (κ2) is 6.39. The molecule has 8 nitrogen and oxygen atoms in total. The summed E-state index contributed by atoms with van der Waals surface area (Å²) in [5.74, 6) is -0.502. The zero-order valence-electron chi connectivity index (χ0n) is 15.3. The van der Waals surface area contributed by atoms with Gasteiger partial charge in [0.25, 0.3) is 5.56 Å². The lowest BCUT2D eigenvalue weighted by Gasteiger charge is -2.06. The first-order chi connectivity index (χ1) is 13.0. The standard InChI is InChI=1S/C19H19N5O3/c1-4-23-15-7-6-12(8-13(15)10-20-23)14-9-16(25)24-18(21-14)17(11(3)22-24)19(26)27-5-2/h6-10,21H,4-5H2,1-3H3. The third kappa shape index (κ3) is 2.69. The number of carbonyl (C=O) groups is 1.